The predicted octanol–water partition coefficient (Wildman–Crippen LogP) is 0.944. The Morgan fingerprint density at radius 2 is 2.50 bits per heavy atom. The molecule has 12 heavy (non-hydrogen) atoms. The van der Waals surface area contributed by atoms with Crippen molar-refractivity contribution in [2.45, 2.75) is 12.1 Å². The van der Waals surface area contributed by atoms with E-state index in [2.05, 4.69) is 10.1 Å². The first-order valence-electron chi connectivity index (χ1n) is 3.89. The minimum absolute atomic E-state index is 0.763. The fourth-order valence-corrected chi connectivity index (χ4v) is 1.41. The van der Waals surface area contributed by atoms with Gasteiger partial charge in [-0.3, -0.25) is 4.68 Å². The molecule has 4 nitrogen and oxygen atoms in total. The Morgan fingerprint density at radius 3 is 3.08 bits per heavy atom. The van der Waals surface area contributed by atoms with Gasteiger partial charge in [-0.2, -0.15) is 0 Å². The zero-order valence-corrected chi connectivity index (χ0v) is 8.17. The molecule has 1 heterocycles. The van der Waals surface area contributed by atoms with Crippen LogP contribution >= 0.6 is 11.8 Å². The molecule has 0 aliphatic carbocycles. The lowest BCUT2D eigenvalue weighted by Gasteiger charge is -1.96. The lowest BCUT2D eigenvalue weighted by molar-refractivity contribution is 0.164. The van der Waals surface area contributed by atoms with Crippen molar-refractivity contribution < 1.29 is 4.74 Å². The van der Waals surface area contributed by atoms with Gasteiger partial charge in [0.2, 0.25) is 5.16 Å². The fraction of sp³-hybridized carbons (Fsp3) is 0.714. The Labute approximate surface area is 76.3 Å². The van der Waals surface area contributed by atoms with Gasteiger partial charge < -0.3 is 4.74 Å². The van der Waals surface area contributed by atoms with Crippen molar-refractivity contribution in [2.75, 3.05) is 19.0 Å². The quantitative estimate of drug-likeness (QED) is 0.508. The summed E-state index contributed by atoms with van der Waals surface area (Å²) < 4.78 is 6.88. The molecular weight excluding hydrogens is 174 g/mol. The molecule has 0 radical (unpaired) electrons. The molecule has 0 saturated heterocycles. The maximum atomic E-state index is 5.18. The van der Waals surface area contributed by atoms with Gasteiger partial charge in [0.1, 0.15) is 6.33 Å². The highest BCUT2D eigenvalue weighted by atomic mass is 32.2. The van der Waals surface area contributed by atoms with Crippen LogP contribution in [0.5, 0.6) is 0 Å². The third-order valence-electron chi connectivity index (χ3n) is 1.24. The molecule has 68 valence electrons. The Bertz CT molecular complexity index is 226. The van der Waals surface area contributed by atoms with Crippen LogP contribution in [-0.2, 0) is 11.8 Å². The molecule has 0 atom stereocenters. The SMILES string of the molecule is CCOCCSc1ncn(C)n1. The minimum atomic E-state index is 0.763. The molecule has 0 aliphatic rings. The summed E-state index contributed by atoms with van der Waals surface area (Å²) in [5, 5.41) is 4.94. The molecule has 1 aromatic heterocycles. The van der Waals surface area contributed by atoms with E-state index in [9.17, 15) is 0 Å². The van der Waals surface area contributed by atoms with Gasteiger partial charge in [-0.25, -0.2) is 4.98 Å². The maximum absolute atomic E-state index is 5.18. The van der Waals surface area contributed by atoms with Crippen LogP contribution in [-0.4, -0.2) is 33.7 Å². The van der Waals surface area contributed by atoms with E-state index in [0.717, 1.165) is 24.1 Å². The summed E-state index contributed by atoms with van der Waals surface area (Å²) in [6.45, 7) is 3.53. The molecule has 5 heteroatoms. The van der Waals surface area contributed by atoms with Gasteiger partial charge in [-0.05, 0) is 6.92 Å². The Morgan fingerprint density at radius 1 is 1.67 bits per heavy atom. The topological polar surface area (TPSA) is 39.9 Å². The van der Waals surface area contributed by atoms with E-state index in [0.29, 0.717) is 0 Å². The molecule has 0 aromatic carbocycles. The van der Waals surface area contributed by atoms with E-state index in [1.807, 2.05) is 14.0 Å². The Balaban J connectivity index is 2.15. The molecule has 0 N–H and O–H groups in total. The van der Waals surface area contributed by atoms with Crippen molar-refractivity contribution in [1.82, 2.24) is 14.8 Å². The highest BCUT2D eigenvalue weighted by Gasteiger charge is 1.97. The first-order valence-corrected chi connectivity index (χ1v) is 4.87. The number of hydrogen-bond donors (Lipinski definition) is 0. The van der Waals surface area contributed by atoms with Crippen molar-refractivity contribution in [3.05, 3.63) is 6.33 Å². The molecule has 1 aromatic rings. The molecule has 0 bridgehead atoms. The average Bonchev–Trinajstić information content (AvgIpc) is 2.45. The third kappa shape index (κ3) is 3.23. The maximum Gasteiger partial charge on any atom is 0.208 e. The molecule has 0 spiro atoms. The molecule has 1 rings (SSSR count). The van der Waals surface area contributed by atoms with Crippen LogP contribution in [0.2, 0.25) is 0 Å². The number of nitrogens with zero attached hydrogens (tertiary/aromatic N) is 3. The summed E-state index contributed by atoms with van der Waals surface area (Å²) in [5.74, 6) is 0.915. The summed E-state index contributed by atoms with van der Waals surface area (Å²) in [6.07, 6.45) is 1.70. The first-order chi connectivity index (χ1) is 5.83. The van der Waals surface area contributed by atoms with Crippen LogP contribution in [0.4, 0.5) is 0 Å². The highest BCUT2D eigenvalue weighted by Crippen LogP contribution is 2.10. The second-order valence-electron chi connectivity index (χ2n) is 2.25. The highest BCUT2D eigenvalue weighted by molar-refractivity contribution is 7.99. The van der Waals surface area contributed by atoms with Crippen LogP contribution in [0.15, 0.2) is 11.5 Å². The summed E-state index contributed by atoms with van der Waals surface area (Å²) in [5.41, 5.74) is 0. The minimum Gasteiger partial charge on any atom is -0.381 e. The van der Waals surface area contributed by atoms with Gasteiger partial charge in [-0.15, -0.1) is 5.10 Å². The monoisotopic (exact) mass is 187 g/mol. The second kappa shape index (κ2) is 5.16. The Kier molecular flexibility index (Phi) is 4.10. The molecule has 0 amide bonds. The van der Waals surface area contributed by atoms with Crippen LogP contribution < -0.4 is 0 Å². The number of rotatable bonds is 5. The van der Waals surface area contributed by atoms with Crippen molar-refractivity contribution in [3.8, 4) is 0 Å². The number of aryl methyl sites for hydroxylation is 1. The number of ether oxygens (including phenoxy) is 1. The number of thioether (sulfide) groups is 1. The van der Waals surface area contributed by atoms with Crippen molar-refractivity contribution in [2.24, 2.45) is 7.05 Å². The third-order valence-corrected chi connectivity index (χ3v) is 2.06. The summed E-state index contributed by atoms with van der Waals surface area (Å²) >= 11 is 1.61. The first kappa shape index (κ1) is 9.54. The van der Waals surface area contributed by atoms with Gasteiger partial charge in [0.25, 0.3) is 0 Å². The number of aromatic nitrogens is 3. The molecule has 0 aliphatic heterocycles. The lowest BCUT2D eigenvalue weighted by atomic mass is 10.8. The predicted molar refractivity (Wildman–Crippen MR) is 48.2 cm³/mol. The Hall–Kier alpha value is -0.550. The van der Waals surface area contributed by atoms with Crippen LogP contribution in [0.25, 0.3) is 0 Å². The average molecular weight is 187 g/mol. The number of hydrogen-bond acceptors (Lipinski definition) is 4. The van der Waals surface area contributed by atoms with Crippen molar-refractivity contribution >= 4 is 11.8 Å². The lowest BCUT2D eigenvalue weighted by Crippen LogP contribution is -1.96. The zero-order valence-electron chi connectivity index (χ0n) is 7.36. The fourth-order valence-electron chi connectivity index (χ4n) is 0.722. The van der Waals surface area contributed by atoms with Gasteiger partial charge in [0, 0.05) is 19.4 Å². The van der Waals surface area contributed by atoms with E-state index in [-0.39, 0.29) is 0 Å². The summed E-state index contributed by atoms with van der Waals surface area (Å²) in [4.78, 5) is 4.07. The normalized spacial score (nSPS) is 10.5. The summed E-state index contributed by atoms with van der Waals surface area (Å²) in [6, 6.07) is 0. The van der Waals surface area contributed by atoms with Gasteiger partial charge >= 0.3 is 0 Å². The van der Waals surface area contributed by atoms with Gasteiger partial charge in [-0.1, -0.05) is 11.8 Å². The smallest absolute Gasteiger partial charge is 0.208 e. The standard InChI is InChI=1S/C7H13N3OS/c1-3-11-4-5-12-7-8-6-10(2)9-7/h6H,3-5H2,1-2H3. The van der Waals surface area contributed by atoms with Crippen LogP contribution in [0.3, 0.4) is 0 Å². The zero-order chi connectivity index (χ0) is 8.81. The molecule has 0 fully saturated rings. The molecule has 0 saturated carbocycles. The van der Waals surface area contributed by atoms with Gasteiger partial charge in [0.05, 0.1) is 6.61 Å². The largest absolute Gasteiger partial charge is 0.381 e. The van der Waals surface area contributed by atoms with Crippen molar-refractivity contribution in [1.29, 1.82) is 0 Å². The summed E-state index contributed by atoms with van der Waals surface area (Å²) in [7, 11) is 1.86. The second-order valence-corrected chi connectivity index (χ2v) is 3.31. The van der Waals surface area contributed by atoms with E-state index < -0.39 is 0 Å². The molecular formula is C7H13N3OS. The molecule has 0 unspecified atom stereocenters. The van der Waals surface area contributed by atoms with E-state index in [4.69, 9.17) is 4.74 Å². The van der Waals surface area contributed by atoms with Crippen LogP contribution in [0, 0.1) is 0 Å². The van der Waals surface area contributed by atoms with E-state index in [1.165, 1.54) is 0 Å². The van der Waals surface area contributed by atoms with Gasteiger partial charge in [0.15, 0.2) is 0 Å². The van der Waals surface area contributed by atoms with Crippen molar-refractivity contribution in [3.63, 3.8) is 0 Å². The van der Waals surface area contributed by atoms with E-state index in [1.54, 1.807) is 22.8 Å². The van der Waals surface area contributed by atoms with E-state index >= 15 is 0 Å². The van der Waals surface area contributed by atoms with Crippen LogP contribution in [0.1, 0.15) is 6.92 Å².